The van der Waals surface area contributed by atoms with Crippen molar-refractivity contribution in [2.24, 2.45) is 17.6 Å². The summed E-state index contributed by atoms with van der Waals surface area (Å²) in [5.41, 5.74) is 5.63. The molecule has 104 valence electrons. The molecule has 0 bridgehead atoms. The molecule has 0 saturated carbocycles. The second-order valence-electron chi connectivity index (χ2n) is 6.01. The summed E-state index contributed by atoms with van der Waals surface area (Å²) < 4.78 is 0. The normalized spacial score (nSPS) is 29.4. The number of carbonyl (C=O) groups excluding carboxylic acids is 1. The van der Waals surface area contributed by atoms with E-state index in [4.69, 9.17) is 5.73 Å². The van der Waals surface area contributed by atoms with Gasteiger partial charge in [0.1, 0.15) is 0 Å². The number of nitrogens with two attached hydrogens (primary N) is 1. The first-order valence-corrected chi connectivity index (χ1v) is 7.44. The average molecular weight is 253 g/mol. The number of urea groups is 1. The van der Waals surface area contributed by atoms with E-state index in [2.05, 4.69) is 16.7 Å². The van der Waals surface area contributed by atoms with Gasteiger partial charge in [-0.25, -0.2) is 4.79 Å². The van der Waals surface area contributed by atoms with E-state index in [0.29, 0.717) is 11.8 Å². The lowest BCUT2D eigenvalue weighted by atomic mass is 9.95. The van der Waals surface area contributed by atoms with E-state index in [0.717, 1.165) is 52.0 Å². The summed E-state index contributed by atoms with van der Waals surface area (Å²) >= 11 is 0. The Bertz CT molecular complexity index is 280. The highest BCUT2D eigenvalue weighted by Gasteiger charge is 2.28. The van der Waals surface area contributed by atoms with Gasteiger partial charge in [0, 0.05) is 26.2 Å². The molecule has 4 nitrogen and oxygen atoms in total. The Morgan fingerprint density at radius 2 is 1.83 bits per heavy atom. The van der Waals surface area contributed by atoms with Crippen LogP contribution in [0.1, 0.15) is 39.0 Å². The molecule has 0 aromatic rings. The molecule has 0 aromatic heterocycles. The zero-order valence-corrected chi connectivity index (χ0v) is 11.6. The van der Waals surface area contributed by atoms with Gasteiger partial charge in [-0.2, -0.15) is 0 Å². The van der Waals surface area contributed by atoms with Gasteiger partial charge < -0.3 is 15.5 Å². The van der Waals surface area contributed by atoms with E-state index in [-0.39, 0.29) is 6.03 Å². The molecule has 0 aromatic carbocycles. The van der Waals surface area contributed by atoms with Crippen LogP contribution in [0, 0.1) is 11.8 Å². The number of piperidine rings is 2. The maximum Gasteiger partial charge on any atom is 0.320 e. The Morgan fingerprint density at radius 1 is 1.17 bits per heavy atom. The van der Waals surface area contributed by atoms with Crippen molar-refractivity contribution in [3.63, 3.8) is 0 Å². The van der Waals surface area contributed by atoms with Crippen LogP contribution in [0.5, 0.6) is 0 Å². The van der Waals surface area contributed by atoms with E-state index in [1.807, 2.05) is 0 Å². The fourth-order valence-corrected chi connectivity index (χ4v) is 3.27. The van der Waals surface area contributed by atoms with E-state index >= 15 is 0 Å². The van der Waals surface area contributed by atoms with Gasteiger partial charge in [0.25, 0.3) is 0 Å². The van der Waals surface area contributed by atoms with Crippen molar-refractivity contribution in [2.75, 3.05) is 32.7 Å². The molecule has 2 heterocycles. The lowest BCUT2D eigenvalue weighted by molar-refractivity contribution is 0.110. The van der Waals surface area contributed by atoms with Gasteiger partial charge in [-0.1, -0.05) is 6.92 Å². The van der Waals surface area contributed by atoms with Crippen LogP contribution >= 0.6 is 0 Å². The molecule has 2 N–H and O–H groups in total. The van der Waals surface area contributed by atoms with E-state index in [1.54, 1.807) is 0 Å². The lowest BCUT2D eigenvalue weighted by Crippen LogP contribution is -2.50. The zero-order chi connectivity index (χ0) is 13.0. The second-order valence-corrected chi connectivity index (χ2v) is 6.01. The van der Waals surface area contributed by atoms with Crippen LogP contribution in [0.3, 0.4) is 0 Å². The molecule has 2 fully saturated rings. The number of nitrogens with zero attached hydrogens (tertiary/aromatic N) is 2. The molecular formula is C14H27N3O. The highest BCUT2D eigenvalue weighted by atomic mass is 16.2. The first-order chi connectivity index (χ1) is 8.70. The molecular weight excluding hydrogens is 226 g/mol. The second kappa shape index (κ2) is 6.41. The summed E-state index contributed by atoms with van der Waals surface area (Å²) in [6.45, 7) is 6.73. The Hall–Kier alpha value is -0.770. The minimum atomic E-state index is 0.267. The number of hydrogen-bond donors (Lipinski definition) is 1. The van der Waals surface area contributed by atoms with Gasteiger partial charge in [-0.3, -0.25) is 0 Å². The number of amides is 2. The van der Waals surface area contributed by atoms with Gasteiger partial charge in [0.05, 0.1) is 0 Å². The maximum atomic E-state index is 12.5. The molecule has 2 unspecified atom stereocenters. The quantitative estimate of drug-likeness (QED) is 0.817. The molecule has 4 heteroatoms. The van der Waals surface area contributed by atoms with Gasteiger partial charge in [0.15, 0.2) is 0 Å². The smallest absolute Gasteiger partial charge is 0.320 e. The van der Waals surface area contributed by atoms with Gasteiger partial charge in [0.2, 0.25) is 0 Å². The van der Waals surface area contributed by atoms with Crippen LogP contribution < -0.4 is 5.73 Å². The van der Waals surface area contributed by atoms with Crippen molar-refractivity contribution in [1.82, 2.24) is 9.80 Å². The SMILES string of the molecule is CC1CCCN(C(=O)N2CCCC(CCN)C2)C1. The third-order valence-electron chi connectivity index (χ3n) is 4.29. The summed E-state index contributed by atoms with van der Waals surface area (Å²) in [6.07, 6.45) is 5.85. The zero-order valence-electron chi connectivity index (χ0n) is 11.6. The highest BCUT2D eigenvalue weighted by Crippen LogP contribution is 2.22. The van der Waals surface area contributed by atoms with Crippen LogP contribution in [0.25, 0.3) is 0 Å². The first-order valence-electron chi connectivity index (χ1n) is 7.44. The van der Waals surface area contributed by atoms with Crippen molar-refractivity contribution in [1.29, 1.82) is 0 Å². The third kappa shape index (κ3) is 3.37. The Morgan fingerprint density at radius 3 is 2.50 bits per heavy atom. The molecule has 0 radical (unpaired) electrons. The van der Waals surface area contributed by atoms with E-state index in [9.17, 15) is 4.79 Å². The first kappa shape index (κ1) is 13.7. The molecule has 2 atom stereocenters. The summed E-state index contributed by atoms with van der Waals surface area (Å²) in [4.78, 5) is 16.6. The van der Waals surface area contributed by atoms with Crippen molar-refractivity contribution in [3.8, 4) is 0 Å². The molecule has 2 aliphatic heterocycles. The lowest BCUT2D eigenvalue weighted by Gasteiger charge is -2.39. The number of rotatable bonds is 2. The molecule has 2 amide bonds. The van der Waals surface area contributed by atoms with Crippen molar-refractivity contribution < 1.29 is 4.79 Å². The molecule has 18 heavy (non-hydrogen) atoms. The van der Waals surface area contributed by atoms with Crippen LogP contribution in [0.2, 0.25) is 0 Å². The Balaban J connectivity index is 1.87. The number of carbonyl (C=O) groups is 1. The van der Waals surface area contributed by atoms with E-state index < -0.39 is 0 Å². The van der Waals surface area contributed by atoms with Gasteiger partial charge in [-0.05, 0) is 50.5 Å². The predicted molar refractivity (Wildman–Crippen MR) is 73.3 cm³/mol. The fourth-order valence-electron chi connectivity index (χ4n) is 3.27. The van der Waals surface area contributed by atoms with E-state index in [1.165, 1.54) is 12.8 Å². The van der Waals surface area contributed by atoms with Crippen molar-refractivity contribution in [2.45, 2.75) is 39.0 Å². The highest BCUT2D eigenvalue weighted by molar-refractivity contribution is 5.74. The van der Waals surface area contributed by atoms with Crippen LogP contribution in [-0.4, -0.2) is 48.6 Å². The van der Waals surface area contributed by atoms with Crippen LogP contribution in [0.4, 0.5) is 4.79 Å². The molecule has 0 spiro atoms. The summed E-state index contributed by atoms with van der Waals surface area (Å²) in [5.74, 6) is 1.28. The van der Waals surface area contributed by atoms with Crippen LogP contribution in [-0.2, 0) is 0 Å². The largest absolute Gasteiger partial charge is 0.330 e. The minimum absolute atomic E-state index is 0.267. The van der Waals surface area contributed by atoms with Crippen LogP contribution in [0.15, 0.2) is 0 Å². The average Bonchev–Trinajstić information content (AvgIpc) is 2.39. The summed E-state index contributed by atoms with van der Waals surface area (Å²) in [7, 11) is 0. The van der Waals surface area contributed by atoms with Crippen molar-refractivity contribution in [3.05, 3.63) is 0 Å². The standard InChI is InChI=1S/C14H27N3O/c1-12-4-2-8-16(10-12)14(18)17-9-3-5-13(11-17)6-7-15/h12-13H,2-11,15H2,1H3. The fraction of sp³-hybridized carbons (Fsp3) is 0.929. The molecule has 2 aliphatic rings. The maximum absolute atomic E-state index is 12.5. The minimum Gasteiger partial charge on any atom is -0.330 e. The number of likely N-dealkylation sites (tertiary alicyclic amines) is 2. The summed E-state index contributed by atoms with van der Waals surface area (Å²) in [6, 6.07) is 0.267. The van der Waals surface area contributed by atoms with Gasteiger partial charge in [-0.15, -0.1) is 0 Å². The monoisotopic (exact) mass is 253 g/mol. The van der Waals surface area contributed by atoms with Gasteiger partial charge >= 0.3 is 6.03 Å². The topological polar surface area (TPSA) is 49.6 Å². The Kier molecular flexibility index (Phi) is 4.87. The molecule has 2 saturated heterocycles. The predicted octanol–water partition coefficient (Wildman–Crippen LogP) is 1.90. The molecule has 2 rings (SSSR count). The summed E-state index contributed by atoms with van der Waals surface area (Å²) in [5, 5.41) is 0. The Labute approximate surface area is 110 Å². The number of hydrogen-bond acceptors (Lipinski definition) is 2. The third-order valence-corrected chi connectivity index (χ3v) is 4.29. The van der Waals surface area contributed by atoms with Crippen molar-refractivity contribution >= 4 is 6.03 Å². The molecule has 0 aliphatic carbocycles.